The molecular weight excluding hydrogens is 338 g/mol. The number of fused-ring (bicyclic) bond motifs is 1. The lowest BCUT2D eigenvalue weighted by Crippen LogP contribution is -2.20. The lowest BCUT2D eigenvalue weighted by atomic mass is 9.95. The molecule has 2 N–H and O–H groups in total. The Labute approximate surface area is 149 Å². The second-order valence-electron chi connectivity index (χ2n) is 5.43. The molecule has 0 saturated carbocycles. The zero-order chi connectivity index (χ0) is 18.7. The summed E-state index contributed by atoms with van der Waals surface area (Å²) in [6.07, 6.45) is 3.63. The molecule has 0 aliphatic heterocycles. The minimum absolute atomic E-state index is 0.0556. The Hall–Kier alpha value is -3.26. The van der Waals surface area contributed by atoms with Crippen molar-refractivity contribution in [2.45, 2.75) is 0 Å². The van der Waals surface area contributed by atoms with Crippen LogP contribution < -0.4 is 15.2 Å². The average molecular weight is 355 g/mol. The molecule has 0 bridgehead atoms. The number of carbonyl (C=O) groups excluding carboxylic acids is 2. The van der Waals surface area contributed by atoms with Gasteiger partial charge in [0.2, 0.25) is 5.78 Å². The van der Waals surface area contributed by atoms with E-state index in [1.807, 2.05) is 0 Å². The molecule has 2 aromatic rings. The lowest BCUT2D eigenvalue weighted by Gasteiger charge is -2.15. The second kappa shape index (κ2) is 7.32. The Morgan fingerprint density at radius 1 is 1.00 bits per heavy atom. The molecule has 0 saturated heterocycles. The minimum atomic E-state index is -0.433. The molecule has 0 spiro atoms. The van der Waals surface area contributed by atoms with Gasteiger partial charge in [-0.15, -0.1) is 0 Å². The molecule has 1 aromatic carbocycles. The maximum absolute atomic E-state index is 12.3. The van der Waals surface area contributed by atoms with Crippen LogP contribution >= 0.6 is 0 Å². The van der Waals surface area contributed by atoms with Gasteiger partial charge in [0.15, 0.2) is 17.3 Å². The van der Waals surface area contributed by atoms with E-state index in [4.69, 9.17) is 19.9 Å². The van der Waals surface area contributed by atoms with Crippen LogP contribution in [0.5, 0.6) is 11.5 Å². The number of methoxy groups -OCH3 is 2. The van der Waals surface area contributed by atoms with Gasteiger partial charge in [0.1, 0.15) is 12.9 Å². The van der Waals surface area contributed by atoms with Gasteiger partial charge in [0.05, 0.1) is 36.2 Å². The van der Waals surface area contributed by atoms with Crippen molar-refractivity contribution in [3.63, 3.8) is 0 Å². The van der Waals surface area contributed by atoms with Crippen molar-refractivity contribution in [1.82, 2.24) is 9.97 Å². The van der Waals surface area contributed by atoms with Crippen molar-refractivity contribution < 1.29 is 23.8 Å². The number of nitrogens with zero attached hydrogens (tertiary/aromatic N) is 2. The second-order valence-corrected chi connectivity index (χ2v) is 5.43. The molecule has 0 amide bonds. The third kappa shape index (κ3) is 3.14. The molecule has 1 aliphatic rings. The molecule has 0 unspecified atom stereocenters. The zero-order valence-corrected chi connectivity index (χ0v) is 14.3. The molecule has 0 fully saturated rings. The number of ketones is 2. The summed E-state index contributed by atoms with van der Waals surface area (Å²) in [6.45, 7) is 0.759. The van der Waals surface area contributed by atoms with Crippen LogP contribution in [-0.2, 0) is 14.3 Å². The van der Waals surface area contributed by atoms with E-state index >= 15 is 0 Å². The number of carbonyl (C=O) groups is 2. The predicted octanol–water partition coefficient (Wildman–Crippen LogP) is 1.04. The number of ether oxygens (including phenoxy) is 3. The van der Waals surface area contributed by atoms with Crippen molar-refractivity contribution in [2.24, 2.45) is 5.73 Å². The monoisotopic (exact) mass is 355 g/mol. The Morgan fingerprint density at radius 2 is 1.77 bits per heavy atom. The van der Waals surface area contributed by atoms with Crippen molar-refractivity contribution >= 4 is 28.0 Å². The standard InChI is InChI=1S/C18H17N3O5/c1-24-5-6-26-15-8-11-10(7-14(15)25-2)18(21-9-20-11)16-12(22)3-4-13(23)17(16)19/h3-4,7-9H,5-6,19H2,1-2H3. The molecule has 8 heteroatoms. The number of rotatable bonds is 6. The van der Waals surface area contributed by atoms with Gasteiger partial charge in [-0.2, -0.15) is 0 Å². The van der Waals surface area contributed by atoms with E-state index < -0.39 is 5.78 Å². The van der Waals surface area contributed by atoms with Gasteiger partial charge >= 0.3 is 0 Å². The first kappa shape index (κ1) is 17.6. The highest BCUT2D eigenvalue weighted by molar-refractivity contribution is 6.36. The molecule has 26 heavy (non-hydrogen) atoms. The first-order valence-electron chi connectivity index (χ1n) is 7.78. The van der Waals surface area contributed by atoms with Gasteiger partial charge in [-0.05, 0) is 18.2 Å². The van der Waals surface area contributed by atoms with Gasteiger partial charge in [0.25, 0.3) is 0 Å². The third-order valence-corrected chi connectivity index (χ3v) is 3.87. The molecular formula is C18H17N3O5. The van der Waals surface area contributed by atoms with Gasteiger partial charge in [0, 0.05) is 18.6 Å². The van der Waals surface area contributed by atoms with E-state index in [1.165, 1.54) is 19.5 Å². The smallest absolute Gasteiger partial charge is 0.202 e. The first-order valence-corrected chi connectivity index (χ1v) is 7.78. The Bertz CT molecular complexity index is 949. The van der Waals surface area contributed by atoms with Crippen LogP contribution in [0, 0.1) is 0 Å². The highest BCUT2D eigenvalue weighted by atomic mass is 16.5. The Morgan fingerprint density at radius 3 is 2.50 bits per heavy atom. The molecule has 0 radical (unpaired) electrons. The van der Waals surface area contributed by atoms with Crippen LogP contribution in [-0.4, -0.2) is 49.0 Å². The lowest BCUT2D eigenvalue weighted by molar-refractivity contribution is -0.114. The quantitative estimate of drug-likeness (QED) is 0.604. The highest BCUT2D eigenvalue weighted by Gasteiger charge is 2.25. The zero-order valence-electron chi connectivity index (χ0n) is 14.3. The summed E-state index contributed by atoms with van der Waals surface area (Å²) in [5, 5.41) is 0.526. The molecule has 3 rings (SSSR count). The number of allylic oxidation sites excluding steroid dienone is 3. The van der Waals surface area contributed by atoms with E-state index in [9.17, 15) is 9.59 Å². The Balaban J connectivity index is 2.15. The average Bonchev–Trinajstić information content (AvgIpc) is 2.65. The summed E-state index contributed by atoms with van der Waals surface area (Å²) < 4.78 is 16.0. The van der Waals surface area contributed by atoms with Crippen LogP contribution in [0.15, 0.2) is 36.3 Å². The summed E-state index contributed by atoms with van der Waals surface area (Å²) in [7, 11) is 3.08. The normalized spacial score (nSPS) is 14.2. The molecule has 1 aliphatic carbocycles. The van der Waals surface area contributed by atoms with E-state index in [-0.39, 0.29) is 22.7 Å². The van der Waals surface area contributed by atoms with Gasteiger partial charge in [-0.1, -0.05) is 0 Å². The number of benzene rings is 1. The maximum Gasteiger partial charge on any atom is 0.202 e. The van der Waals surface area contributed by atoms with Crippen molar-refractivity contribution in [1.29, 1.82) is 0 Å². The fourth-order valence-corrected chi connectivity index (χ4v) is 2.60. The van der Waals surface area contributed by atoms with Gasteiger partial charge in [-0.25, -0.2) is 9.97 Å². The van der Waals surface area contributed by atoms with Gasteiger partial charge < -0.3 is 19.9 Å². The van der Waals surface area contributed by atoms with Gasteiger partial charge in [-0.3, -0.25) is 9.59 Å². The van der Waals surface area contributed by atoms with Crippen LogP contribution in [0.1, 0.15) is 5.69 Å². The van der Waals surface area contributed by atoms with Crippen LogP contribution in [0.4, 0.5) is 0 Å². The molecule has 134 valence electrons. The first-order chi connectivity index (χ1) is 12.6. The molecule has 1 aromatic heterocycles. The maximum atomic E-state index is 12.3. The molecule has 1 heterocycles. The topological polar surface area (TPSA) is 114 Å². The molecule has 8 nitrogen and oxygen atoms in total. The minimum Gasteiger partial charge on any atom is -0.493 e. The van der Waals surface area contributed by atoms with E-state index in [2.05, 4.69) is 9.97 Å². The number of nitrogens with two attached hydrogens (primary N) is 1. The van der Waals surface area contributed by atoms with E-state index in [1.54, 1.807) is 19.2 Å². The van der Waals surface area contributed by atoms with Crippen LogP contribution in [0.2, 0.25) is 0 Å². The fraction of sp³-hybridized carbons (Fsp3) is 0.222. The summed E-state index contributed by atoms with van der Waals surface area (Å²) in [4.78, 5) is 32.5. The summed E-state index contributed by atoms with van der Waals surface area (Å²) in [6, 6.07) is 3.33. The SMILES string of the molecule is COCCOc1cc2ncnc(C3=C(N)C(=O)C=CC3=O)c2cc1OC. The highest BCUT2D eigenvalue weighted by Crippen LogP contribution is 2.35. The number of hydrogen-bond donors (Lipinski definition) is 1. The third-order valence-electron chi connectivity index (χ3n) is 3.87. The van der Waals surface area contributed by atoms with Crippen molar-refractivity contribution in [3.05, 3.63) is 42.0 Å². The van der Waals surface area contributed by atoms with E-state index in [0.29, 0.717) is 35.6 Å². The van der Waals surface area contributed by atoms with Crippen LogP contribution in [0.3, 0.4) is 0 Å². The number of hydrogen-bond acceptors (Lipinski definition) is 8. The predicted molar refractivity (Wildman–Crippen MR) is 93.7 cm³/mol. The fourth-order valence-electron chi connectivity index (χ4n) is 2.60. The molecule has 0 atom stereocenters. The van der Waals surface area contributed by atoms with Crippen molar-refractivity contribution in [3.8, 4) is 11.5 Å². The van der Waals surface area contributed by atoms with E-state index in [0.717, 1.165) is 6.08 Å². The van der Waals surface area contributed by atoms with Crippen LogP contribution in [0.25, 0.3) is 16.5 Å². The summed E-state index contributed by atoms with van der Waals surface area (Å²) >= 11 is 0. The summed E-state index contributed by atoms with van der Waals surface area (Å²) in [5.74, 6) is 0.0999. The number of aromatic nitrogens is 2. The van der Waals surface area contributed by atoms with Crippen molar-refractivity contribution in [2.75, 3.05) is 27.4 Å². The summed E-state index contributed by atoms with van der Waals surface area (Å²) in [5.41, 5.74) is 6.56. The largest absolute Gasteiger partial charge is 0.493 e. The Kier molecular flexibility index (Phi) is 4.94.